The highest BCUT2D eigenvalue weighted by Crippen LogP contribution is 2.19. The molecule has 2 heterocycles. The minimum absolute atomic E-state index is 0.0727. The van der Waals surface area contributed by atoms with E-state index in [1.54, 1.807) is 4.68 Å². The highest BCUT2D eigenvalue weighted by molar-refractivity contribution is 5.90. The Morgan fingerprint density at radius 1 is 1.21 bits per heavy atom. The van der Waals surface area contributed by atoms with Crippen LogP contribution in [0.1, 0.15) is 23.7 Å². The average molecular weight is 325 g/mol. The molecular weight excluding hydrogens is 306 g/mol. The summed E-state index contributed by atoms with van der Waals surface area (Å²) in [5.74, 6) is 0.0768. The minimum atomic E-state index is -0.202. The Hall–Kier alpha value is -2.96. The van der Waals surface area contributed by atoms with E-state index in [1.165, 1.54) is 5.56 Å². The summed E-state index contributed by atoms with van der Waals surface area (Å²) in [5, 5.41) is 14.6. The molecule has 0 aliphatic rings. The number of amides is 1. The highest BCUT2D eigenvalue weighted by Gasteiger charge is 2.14. The van der Waals surface area contributed by atoms with E-state index < -0.39 is 0 Å². The first kappa shape index (κ1) is 15.9. The van der Waals surface area contributed by atoms with Gasteiger partial charge in [0.25, 0.3) is 5.89 Å². The number of carbonyl (C=O) groups excluding carboxylic acids is 1. The maximum atomic E-state index is 12.1. The van der Waals surface area contributed by atoms with Crippen LogP contribution in [0.3, 0.4) is 0 Å². The van der Waals surface area contributed by atoms with E-state index in [1.807, 2.05) is 44.3 Å². The van der Waals surface area contributed by atoms with E-state index in [2.05, 4.69) is 27.5 Å². The van der Waals surface area contributed by atoms with Crippen LogP contribution in [0.2, 0.25) is 0 Å². The highest BCUT2D eigenvalue weighted by atomic mass is 16.4. The van der Waals surface area contributed by atoms with Crippen LogP contribution in [0, 0.1) is 6.92 Å². The molecule has 24 heavy (non-hydrogen) atoms. The van der Waals surface area contributed by atoms with Gasteiger partial charge in [-0.05, 0) is 30.5 Å². The summed E-state index contributed by atoms with van der Waals surface area (Å²) in [6, 6.07) is 9.87. The normalized spacial score (nSPS) is 10.8. The molecule has 1 amide bonds. The predicted molar refractivity (Wildman–Crippen MR) is 89.4 cm³/mol. The zero-order valence-corrected chi connectivity index (χ0v) is 13.9. The van der Waals surface area contributed by atoms with Crippen LogP contribution in [-0.4, -0.2) is 25.9 Å². The number of aromatic nitrogens is 4. The number of nitrogens with zero attached hydrogens (tertiary/aromatic N) is 4. The van der Waals surface area contributed by atoms with Gasteiger partial charge in [-0.3, -0.25) is 14.8 Å². The summed E-state index contributed by atoms with van der Waals surface area (Å²) in [5.41, 5.74) is 3.73. The zero-order valence-electron chi connectivity index (χ0n) is 13.9. The molecule has 0 aliphatic carbocycles. The van der Waals surface area contributed by atoms with Crippen molar-refractivity contribution < 1.29 is 9.21 Å². The molecule has 1 aromatic carbocycles. The largest absolute Gasteiger partial charge is 0.401 e. The van der Waals surface area contributed by atoms with E-state index in [0.29, 0.717) is 5.69 Å². The van der Waals surface area contributed by atoms with Crippen molar-refractivity contribution in [2.45, 2.75) is 26.7 Å². The lowest BCUT2D eigenvalue weighted by molar-refractivity contribution is -0.115. The topological polar surface area (TPSA) is 85.8 Å². The Morgan fingerprint density at radius 2 is 1.92 bits per heavy atom. The van der Waals surface area contributed by atoms with Gasteiger partial charge in [0.05, 0.1) is 6.42 Å². The minimum Gasteiger partial charge on any atom is -0.401 e. The van der Waals surface area contributed by atoms with Gasteiger partial charge >= 0.3 is 6.01 Å². The van der Waals surface area contributed by atoms with E-state index in [0.717, 1.165) is 17.7 Å². The fourth-order valence-electron chi connectivity index (χ4n) is 2.28. The van der Waals surface area contributed by atoms with Crippen molar-refractivity contribution in [3.63, 3.8) is 0 Å². The summed E-state index contributed by atoms with van der Waals surface area (Å²) >= 11 is 0. The van der Waals surface area contributed by atoms with Crippen LogP contribution in [0.15, 0.2) is 34.7 Å². The number of rotatable bonds is 5. The summed E-state index contributed by atoms with van der Waals surface area (Å²) < 4.78 is 7.17. The molecule has 0 unspecified atom stereocenters. The molecule has 3 rings (SSSR count). The summed E-state index contributed by atoms with van der Waals surface area (Å²) in [6.07, 6.45) is 1.23. The number of hydrogen-bond donors (Lipinski definition) is 1. The van der Waals surface area contributed by atoms with Gasteiger partial charge in [0, 0.05) is 12.7 Å². The molecule has 7 heteroatoms. The number of carbonyl (C=O) groups is 1. The molecule has 0 spiro atoms. The van der Waals surface area contributed by atoms with Crippen molar-refractivity contribution in [2.24, 2.45) is 7.05 Å². The number of nitrogens with one attached hydrogen (secondary N) is 1. The van der Waals surface area contributed by atoms with Gasteiger partial charge in [-0.25, -0.2) is 0 Å². The maximum Gasteiger partial charge on any atom is 0.322 e. The number of aryl methyl sites for hydroxylation is 3. The van der Waals surface area contributed by atoms with Crippen LogP contribution in [-0.2, 0) is 24.7 Å². The van der Waals surface area contributed by atoms with Crippen molar-refractivity contribution in [2.75, 3.05) is 5.32 Å². The van der Waals surface area contributed by atoms with Gasteiger partial charge in [0.1, 0.15) is 5.69 Å². The second-order valence-electron chi connectivity index (χ2n) is 5.60. The Morgan fingerprint density at radius 3 is 2.54 bits per heavy atom. The molecular formula is C17H19N5O2. The third-order valence-corrected chi connectivity index (χ3v) is 3.80. The van der Waals surface area contributed by atoms with E-state index in [-0.39, 0.29) is 24.2 Å². The summed E-state index contributed by atoms with van der Waals surface area (Å²) in [7, 11) is 1.84. The molecule has 0 atom stereocenters. The van der Waals surface area contributed by atoms with Crippen molar-refractivity contribution in [1.29, 1.82) is 0 Å². The van der Waals surface area contributed by atoms with Gasteiger partial charge in [0.2, 0.25) is 5.91 Å². The molecule has 0 radical (unpaired) electrons. The lowest BCUT2D eigenvalue weighted by atomic mass is 10.1. The van der Waals surface area contributed by atoms with Gasteiger partial charge in [-0.15, -0.1) is 5.10 Å². The molecule has 0 saturated heterocycles. The maximum absolute atomic E-state index is 12.1. The third-order valence-electron chi connectivity index (χ3n) is 3.80. The Labute approximate surface area is 139 Å². The van der Waals surface area contributed by atoms with E-state index >= 15 is 0 Å². The SMILES string of the molecule is CCc1ccc(CC(=O)Nc2nnc(-c3cc(C)n(C)n3)o2)cc1. The molecule has 0 saturated carbocycles. The first-order valence-corrected chi connectivity index (χ1v) is 7.77. The first-order valence-electron chi connectivity index (χ1n) is 7.77. The molecule has 0 bridgehead atoms. The lowest BCUT2D eigenvalue weighted by Gasteiger charge is -2.02. The van der Waals surface area contributed by atoms with E-state index in [4.69, 9.17) is 4.42 Å². The molecule has 1 N–H and O–H groups in total. The number of anilines is 1. The molecule has 0 aliphatic heterocycles. The third kappa shape index (κ3) is 3.51. The second kappa shape index (κ2) is 6.66. The van der Waals surface area contributed by atoms with Gasteiger partial charge < -0.3 is 4.42 Å². The Bertz CT molecular complexity index is 829. The van der Waals surface area contributed by atoms with Crippen LogP contribution in [0.4, 0.5) is 6.01 Å². The number of hydrogen-bond acceptors (Lipinski definition) is 5. The summed E-state index contributed by atoms with van der Waals surface area (Å²) in [4.78, 5) is 12.1. The van der Waals surface area contributed by atoms with Crippen LogP contribution in [0.5, 0.6) is 0 Å². The lowest BCUT2D eigenvalue weighted by Crippen LogP contribution is -2.14. The van der Waals surface area contributed by atoms with Crippen molar-refractivity contribution in [3.05, 3.63) is 47.2 Å². The van der Waals surface area contributed by atoms with Crippen molar-refractivity contribution >= 4 is 11.9 Å². The monoisotopic (exact) mass is 325 g/mol. The summed E-state index contributed by atoms with van der Waals surface area (Å²) in [6.45, 7) is 4.03. The fourth-order valence-corrected chi connectivity index (χ4v) is 2.28. The van der Waals surface area contributed by atoms with Crippen LogP contribution >= 0.6 is 0 Å². The molecule has 124 valence electrons. The second-order valence-corrected chi connectivity index (χ2v) is 5.60. The fraction of sp³-hybridized carbons (Fsp3) is 0.294. The molecule has 2 aromatic heterocycles. The van der Waals surface area contributed by atoms with Crippen LogP contribution < -0.4 is 5.32 Å². The smallest absolute Gasteiger partial charge is 0.322 e. The molecule has 7 nitrogen and oxygen atoms in total. The van der Waals surface area contributed by atoms with Gasteiger partial charge in [-0.2, -0.15) is 5.10 Å². The quantitative estimate of drug-likeness (QED) is 0.779. The van der Waals surface area contributed by atoms with Crippen molar-refractivity contribution in [3.8, 4) is 11.6 Å². The molecule has 0 fully saturated rings. The molecule has 3 aromatic rings. The first-order chi connectivity index (χ1) is 11.5. The Balaban J connectivity index is 1.64. The zero-order chi connectivity index (χ0) is 17.1. The van der Waals surface area contributed by atoms with Crippen molar-refractivity contribution in [1.82, 2.24) is 20.0 Å². The Kier molecular flexibility index (Phi) is 4.41. The van der Waals surface area contributed by atoms with Crippen LogP contribution in [0.25, 0.3) is 11.6 Å². The van der Waals surface area contributed by atoms with E-state index in [9.17, 15) is 4.79 Å². The average Bonchev–Trinajstić information content (AvgIpc) is 3.15. The van der Waals surface area contributed by atoms with Gasteiger partial charge in [0.15, 0.2) is 0 Å². The standard InChI is InChI=1S/C17H19N5O2/c1-4-12-5-7-13(8-6-12)10-15(23)18-17-20-19-16(24-17)14-9-11(2)22(3)21-14/h5-9H,4,10H2,1-3H3,(H,18,20,23). The predicted octanol–water partition coefficient (Wildman–Crippen LogP) is 2.52. The number of benzene rings is 1. The van der Waals surface area contributed by atoms with Gasteiger partial charge in [-0.1, -0.05) is 36.3 Å².